The van der Waals surface area contributed by atoms with Crippen LogP contribution in [0.2, 0.25) is 0 Å². The van der Waals surface area contributed by atoms with Gasteiger partial charge in [0, 0.05) is 18.4 Å². The van der Waals surface area contributed by atoms with Crippen molar-refractivity contribution in [1.29, 1.82) is 0 Å². The number of hydrogen-bond donors (Lipinski definition) is 1. The third kappa shape index (κ3) is 3.07. The molecule has 1 amide bonds. The normalized spacial score (nSPS) is 22.6. The number of morpholine rings is 1. The lowest BCUT2D eigenvalue weighted by molar-refractivity contribution is -0.0560. The molecule has 2 atom stereocenters. The number of halogens is 1. The molecule has 5 nitrogen and oxygen atoms in total. The number of methoxy groups -OCH3 is 1. The van der Waals surface area contributed by atoms with Crippen LogP contribution < -0.4 is 4.74 Å². The van der Waals surface area contributed by atoms with Gasteiger partial charge in [0.15, 0.2) is 11.5 Å². The van der Waals surface area contributed by atoms with E-state index in [1.807, 2.05) is 6.92 Å². The van der Waals surface area contributed by atoms with E-state index in [9.17, 15) is 9.90 Å². The van der Waals surface area contributed by atoms with Gasteiger partial charge in [-0.15, -0.1) is 0 Å². The Morgan fingerprint density at radius 3 is 2.95 bits per heavy atom. The van der Waals surface area contributed by atoms with E-state index in [4.69, 9.17) is 9.47 Å². The van der Waals surface area contributed by atoms with Crippen molar-refractivity contribution in [3.63, 3.8) is 0 Å². The maximum Gasteiger partial charge on any atom is 0.257 e. The number of rotatable bonds is 3. The van der Waals surface area contributed by atoms with Crippen LogP contribution in [0.1, 0.15) is 17.3 Å². The molecule has 0 aliphatic carbocycles. The Morgan fingerprint density at radius 1 is 1.55 bits per heavy atom. The number of ether oxygens (including phenoxy) is 2. The average molecular weight is 344 g/mol. The summed E-state index contributed by atoms with van der Waals surface area (Å²) in [5, 5.41) is 10.7. The number of para-hydroxylation sites is 1. The molecule has 110 valence electrons. The van der Waals surface area contributed by atoms with Gasteiger partial charge in [0.25, 0.3) is 5.91 Å². The Bertz CT molecular complexity index is 494. The first-order chi connectivity index (χ1) is 9.56. The van der Waals surface area contributed by atoms with E-state index < -0.39 is 0 Å². The molecule has 1 aliphatic rings. The maximum atomic E-state index is 12.5. The number of aromatic hydroxyl groups is 1. The highest BCUT2D eigenvalue weighted by Gasteiger charge is 2.30. The zero-order valence-electron chi connectivity index (χ0n) is 11.5. The quantitative estimate of drug-likeness (QED) is 0.853. The number of benzene rings is 1. The van der Waals surface area contributed by atoms with Crippen LogP contribution in [-0.2, 0) is 4.74 Å². The molecule has 1 fully saturated rings. The summed E-state index contributed by atoms with van der Waals surface area (Å²) in [7, 11) is 1.46. The molecule has 0 bridgehead atoms. The van der Waals surface area contributed by atoms with Crippen molar-refractivity contribution < 1.29 is 19.4 Å². The lowest BCUT2D eigenvalue weighted by Crippen LogP contribution is -2.49. The van der Waals surface area contributed by atoms with E-state index in [2.05, 4.69) is 15.9 Å². The summed E-state index contributed by atoms with van der Waals surface area (Å²) >= 11 is 3.38. The number of phenols is 1. The first-order valence-corrected chi connectivity index (χ1v) is 7.55. The van der Waals surface area contributed by atoms with Gasteiger partial charge in [0.2, 0.25) is 0 Å². The van der Waals surface area contributed by atoms with Crippen molar-refractivity contribution in [2.75, 3.05) is 25.5 Å². The molecule has 0 spiro atoms. The van der Waals surface area contributed by atoms with Crippen molar-refractivity contribution in [3.8, 4) is 11.5 Å². The first kappa shape index (κ1) is 15.1. The second-order valence-electron chi connectivity index (χ2n) is 4.79. The highest BCUT2D eigenvalue weighted by molar-refractivity contribution is 9.09. The molecule has 6 heteroatoms. The maximum absolute atomic E-state index is 12.5. The monoisotopic (exact) mass is 343 g/mol. The Balaban J connectivity index is 2.22. The Morgan fingerprint density at radius 2 is 2.30 bits per heavy atom. The predicted octanol–water partition coefficient (Wildman–Crippen LogP) is 2.03. The summed E-state index contributed by atoms with van der Waals surface area (Å²) in [5.41, 5.74) is 0.256. The summed E-state index contributed by atoms with van der Waals surface area (Å²) in [6.45, 7) is 2.95. The fourth-order valence-electron chi connectivity index (χ4n) is 2.33. The van der Waals surface area contributed by atoms with Gasteiger partial charge in [-0.3, -0.25) is 4.79 Å². The van der Waals surface area contributed by atoms with Crippen LogP contribution >= 0.6 is 15.9 Å². The fourth-order valence-corrected chi connectivity index (χ4v) is 2.68. The smallest absolute Gasteiger partial charge is 0.257 e. The van der Waals surface area contributed by atoms with Crippen LogP contribution in [0.15, 0.2) is 18.2 Å². The molecule has 1 heterocycles. The molecule has 2 rings (SSSR count). The van der Waals surface area contributed by atoms with Crippen LogP contribution in [-0.4, -0.2) is 53.7 Å². The largest absolute Gasteiger partial charge is 0.504 e. The van der Waals surface area contributed by atoms with Crippen LogP contribution in [0.5, 0.6) is 11.5 Å². The molecule has 2 unspecified atom stereocenters. The molecule has 1 aromatic rings. The lowest BCUT2D eigenvalue weighted by atomic mass is 10.1. The summed E-state index contributed by atoms with van der Waals surface area (Å²) < 4.78 is 10.7. The van der Waals surface area contributed by atoms with Crippen LogP contribution in [0.25, 0.3) is 0 Å². The van der Waals surface area contributed by atoms with Gasteiger partial charge in [-0.2, -0.15) is 0 Å². The minimum atomic E-state index is -0.206. The predicted molar refractivity (Wildman–Crippen MR) is 78.7 cm³/mol. The molecule has 1 aliphatic heterocycles. The standard InChI is InChI=1S/C14H18BrNO4/c1-9-7-16(8-10(6-15)20-9)14(18)11-4-3-5-12(19-2)13(11)17/h3-5,9-10,17H,6-8H2,1-2H3. The van der Waals surface area contributed by atoms with E-state index in [0.29, 0.717) is 24.2 Å². The lowest BCUT2D eigenvalue weighted by Gasteiger charge is -2.36. The number of phenolic OH excluding ortho intramolecular Hbond substituents is 1. The molecular formula is C14H18BrNO4. The third-order valence-electron chi connectivity index (χ3n) is 3.23. The van der Waals surface area contributed by atoms with Gasteiger partial charge in [0.1, 0.15) is 0 Å². The molecule has 20 heavy (non-hydrogen) atoms. The van der Waals surface area contributed by atoms with E-state index >= 15 is 0 Å². The molecule has 0 aromatic heterocycles. The van der Waals surface area contributed by atoms with E-state index in [0.717, 1.165) is 0 Å². The van der Waals surface area contributed by atoms with Crippen LogP contribution in [0, 0.1) is 0 Å². The molecule has 1 aromatic carbocycles. The second-order valence-corrected chi connectivity index (χ2v) is 5.44. The number of nitrogens with zero attached hydrogens (tertiary/aromatic N) is 1. The minimum absolute atomic E-state index is 0.0250. The number of alkyl halides is 1. The number of carbonyl (C=O) groups excluding carboxylic acids is 1. The van der Waals surface area contributed by atoms with E-state index in [1.165, 1.54) is 7.11 Å². The summed E-state index contributed by atoms with van der Waals surface area (Å²) in [5.74, 6) is -0.0220. The van der Waals surface area contributed by atoms with Gasteiger partial charge in [-0.1, -0.05) is 22.0 Å². The molecule has 0 saturated carbocycles. The third-order valence-corrected chi connectivity index (χ3v) is 3.96. The highest BCUT2D eigenvalue weighted by Crippen LogP contribution is 2.30. The Kier molecular flexibility index (Phi) is 4.88. The zero-order chi connectivity index (χ0) is 14.7. The van der Waals surface area contributed by atoms with Gasteiger partial charge in [-0.25, -0.2) is 0 Å². The van der Waals surface area contributed by atoms with Crippen molar-refractivity contribution in [2.24, 2.45) is 0 Å². The topological polar surface area (TPSA) is 59.0 Å². The highest BCUT2D eigenvalue weighted by atomic mass is 79.9. The van der Waals surface area contributed by atoms with Gasteiger partial charge >= 0.3 is 0 Å². The SMILES string of the molecule is COc1cccc(C(=O)N2CC(C)OC(CBr)C2)c1O. The van der Waals surface area contributed by atoms with Crippen LogP contribution in [0.4, 0.5) is 0 Å². The van der Waals surface area contributed by atoms with Gasteiger partial charge < -0.3 is 19.5 Å². The number of amides is 1. The van der Waals surface area contributed by atoms with Crippen molar-refractivity contribution in [1.82, 2.24) is 4.90 Å². The van der Waals surface area contributed by atoms with Crippen molar-refractivity contribution >= 4 is 21.8 Å². The molecule has 1 N–H and O–H groups in total. The van der Waals surface area contributed by atoms with Crippen molar-refractivity contribution in [2.45, 2.75) is 19.1 Å². The Labute approximate surface area is 126 Å². The van der Waals surface area contributed by atoms with Gasteiger partial charge in [0.05, 0.1) is 24.9 Å². The average Bonchev–Trinajstić information content (AvgIpc) is 2.46. The number of hydrogen-bond acceptors (Lipinski definition) is 4. The van der Waals surface area contributed by atoms with E-state index in [1.54, 1.807) is 23.1 Å². The fraction of sp³-hybridized carbons (Fsp3) is 0.500. The summed E-state index contributed by atoms with van der Waals surface area (Å²) in [4.78, 5) is 14.2. The Hall–Kier alpha value is -1.27. The second kappa shape index (κ2) is 6.45. The molecular weight excluding hydrogens is 326 g/mol. The van der Waals surface area contributed by atoms with Crippen molar-refractivity contribution in [3.05, 3.63) is 23.8 Å². The minimum Gasteiger partial charge on any atom is -0.504 e. The molecule has 1 saturated heterocycles. The summed E-state index contributed by atoms with van der Waals surface area (Å²) in [6.07, 6.45) is -0.0570. The first-order valence-electron chi connectivity index (χ1n) is 6.43. The molecule has 0 radical (unpaired) electrons. The van der Waals surface area contributed by atoms with Gasteiger partial charge in [-0.05, 0) is 19.1 Å². The number of carbonyl (C=O) groups is 1. The summed E-state index contributed by atoms with van der Waals surface area (Å²) in [6, 6.07) is 4.91. The van der Waals surface area contributed by atoms with Crippen LogP contribution in [0.3, 0.4) is 0 Å². The van der Waals surface area contributed by atoms with E-state index in [-0.39, 0.29) is 29.4 Å². The zero-order valence-corrected chi connectivity index (χ0v) is 13.1.